The van der Waals surface area contributed by atoms with E-state index in [9.17, 15) is 9.59 Å². The summed E-state index contributed by atoms with van der Waals surface area (Å²) in [5, 5.41) is 0. The lowest BCUT2D eigenvalue weighted by Crippen LogP contribution is -2.46. The molecule has 0 spiro atoms. The highest BCUT2D eigenvalue weighted by Gasteiger charge is 2.57. The highest BCUT2D eigenvalue weighted by Crippen LogP contribution is 2.61. The van der Waals surface area contributed by atoms with Gasteiger partial charge in [0.15, 0.2) is 0 Å². The number of Topliss-reactive ketones (excluding diaryl/α,β-unsaturated/α-hetero) is 2. The van der Waals surface area contributed by atoms with Crippen molar-refractivity contribution in [1.82, 2.24) is 0 Å². The number of rotatable bonds is 8. The largest absolute Gasteiger partial charge is 0.382 e. The standard InChI is InChI=1S/C23H34O5/c1-26-12-13-28-15-27-11-10-23-9-8-19-18-5-3-17(24)14-16(18)2-4-20(19)21(23)6-7-22(23)25/h19-21H,2-15H2,1H3/t19?,20?,21?,23-/m1/s1. The van der Waals surface area contributed by atoms with Gasteiger partial charge in [0.1, 0.15) is 18.4 Å². The molecule has 4 atom stereocenters. The average molecular weight is 391 g/mol. The summed E-state index contributed by atoms with van der Waals surface area (Å²) in [6.45, 7) is 1.97. The molecule has 156 valence electrons. The minimum atomic E-state index is -0.170. The van der Waals surface area contributed by atoms with Gasteiger partial charge in [0, 0.05) is 31.8 Å². The molecule has 0 aromatic heterocycles. The number of hydrogen-bond donors (Lipinski definition) is 0. The summed E-state index contributed by atoms with van der Waals surface area (Å²) in [7, 11) is 1.65. The Balaban J connectivity index is 1.39. The molecule has 0 aliphatic heterocycles. The Labute approximate surface area is 168 Å². The van der Waals surface area contributed by atoms with Gasteiger partial charge in [-0.05, 0) is 62.7 Å². The van der Waals surface area contributed by atoms with Gasteiger partial charge in [-0.2, -0.15) is 0 Å². The molecule has 0 heterocycles. The van der Waals surface area contributed by atoms with Crippen LogP contribution >= 0.6 is 0 Å². The average Bonchev–Trinajstić information content (AvgIpc) is 3.03. The third kappa shape index (κ3) is 3.73. The Bertz CT molecular complexity index is 639. The topological polar surface area (TPSA) is 61.8 Å². The van der Waals surface area contributed by atoms with Crippen molar-refractivity contribution in [2.24, 2.45) is 23.2 Å². The number of fused-ring (bicyclic) bond motifs is 4. The zero-order chi connectivity index (χ0) is 19.6. The number of methoxy groups -OCH3 is 1. The van der Waals surface area contributed by atoms with Crippen molar-refractivity contribution in [3.05, 3.63) is 11.1 Å². The SMILES string of the molecule is COCCOCOCC[C@]12CCC3C4=C(CCC3C1CCC2=O)CC(=O)CC4. The maximum atomic E-state index is 13.0. The van der Waals surface area contributed by atoms with Crippen molar-refractivity contribution in [2.75, 3.05) is 33.7 Å². The fourth-order valence-electron chi connectivity index (χ4n) is 6.66. The van der Waals surface area contributed by atoms with Crippen LogP contribution in [0.4, 0.5) is 0 Å². The number of hydrogen-bond acceptors (Lipinski definition) is 5. The molecule has 4 aliphatic carbocycles. The molecule has 28 heavy (non-hydrogen) atoms. The van der Waals surface area contributed by atoms with E-state index in [-0.39, 0.29) is 12.2 Å². The van der Waals surface area contributed by atoms with Gasteiger partial charge in [0.25, 0.3) is 0 Å². The van der Waals surface area contributed by atoms with Gasteiger partial charge >= 0.3 is 0 Å². The normalized spacial score (nSPS) is 35.0. The van der Waals surface area contributed by atoms with Gasteiger partial charge in [-0.15, -0.1) is 0 Å². The summed E-state index contributed by atoms with van der Waals surface area (Å²) in [5.74, 6) is 2.65. The Morgan fingerprint density at radius 1 is 0.964 bits per heavy atom. The van der Waals surface area contributed by atoms with E-state index in [4.69, 9.17) is 14.2 Å². The van der Waals surface area contributed by atoms with Crippen molar-refractivity contribution in [2.45, 2.75) is 64.2 Å². The van der Waals surface area contributed by atoms with E-state index in [0.29, 0.717) is 55.6 Å². The van der Waals surface area contributed by atoms with Crippen molar-refractivity contribution >= 4 is 11.6 Å². The van der Waals surface area contributed by atoms with Gasteiger partial charge in [-0.25, -0.2) is 0 Å². The maximum absolute atomic E-state index is 13.0. The van der Waals surface area contributed by atoms with Gasteiger partial charge < -0.3 is 14.2 Å². The predicted molar refractivity (Wildman–Crippen MR) is 105 cm³/mol. The quantitative estimate of drug-likeness (QED) is 0.358. The van der Waals surface area contributed by atoms with Crippen LogP contribution in [0.15, 0.2) is 11.1 Å². The molecule has 5 nitrogen and oxygen atoms in total. The van der Waals surface area contributed by atoms with Gasteiger partial charge in [-0.3, -0.25) is 9.59 Å². The van der Waals surface area contributed by atoms with E-state index >= 15 is 0 Å². The third-order valence-electron chi connectivity index (χ3n) is 7.94. The Morgan fingerprint density at radius 3 is 2.68 bits per heavy atom. The molecule has 3 unspecified atom stereocenters. The number of ketones is 2. The van der Waals surface area contributed by atoms with Crippen LogP contribution in [0.2, 0.25) is 0 Å². The zero-order valence-corrected chi connectivity index (χ0v) is 17.2. The van der Waals surface area contributed by atoms with E-state index in [1.54, 1.807) is 12.7 Å². The van der Waals surface area contributed by atoms with Crippen LogP contribution < -0.4 is 0 Å². The van der Waals surface area contributed by atoms with Crippen LogP contribution in [-0.4, -0.2) is 45.3 Å². The van der Waals surface area contributed by atoms with Crippen LogP contribution in [0.3, 0.4) is 0 Å². The highest BCUT2D eigenvalue weighted by molar-refractivity contribution is 5.87. The van der Waals surface area contributed by atoms with Gasteiger partial charge in [0.2, 0.25) is 0 Å². The molecule has 0 aromatic carbocycles. The van der Waals surface area contributed by atoms with Crippen LogP contribution in [0.5, 0.6) is 0 Å². The lowest BCUT2D eigenvalue weighted by atomic mass is 9.53. The molecule has 0 amide bonds. The molecule has 0 bridgehead atoms. The second kappa shape index (κ2) is 8.76. The maximum Gasteiger partial charge on any atom is 0.146 e. The van der Waals surface area contributed by atoms with E-state index in [1.807, 2.05) is 0 Å². The van der Waals surface area contributed by atoms with Crippen LogP contribution in [0.1, 0.15) is 64.2 Å². The Kier molecular flexibility index (Phi) is 6.34. The van der Waals surface area contributed by atoms with E-state index in [0.717, 1.165) is 57.8 Å². The Hall–Kier alpha value is -1.04. The smallest absolute Gasteiger partial charge is 0.146 e. The first-order valence-corrected chi connectivity index (χ1v) is 11.1. The van der Waals surface area contributed by atoms with Crippen molar-refractivity contribution in [3.8, 4) is 0 Å². The minimum Gasteiger partial charge on any atom is -0.382 e. The molecule has 0 radical (unpaired) electrons. The summed E-state index contributed by atoms with van der Waals surface area (Å²) >= 11 is 0. The Morgan fingerprint density at radius 2 is 1.82 bits per heavy atom. The van der Waals surface area contributed by atoms with Gasteiger partial charge in [0.05, 0.1) is 19.8 Å². The third-order valence-corrected chi connectivity index (χ3v) is 7.94. The molecule has 4 rings (SSSR count). The lowest BCUT2D eigenvalue weighted by Gasteiger charge is -2.51. The second-order valence-corrected chi connectivity index (χ2v) is 9.09. The van der Waals surface area contributed by atoms with Crippen molar-refractivity contribution in [1.29, 1.82) is 0 Å². The number of allylic oxidation sites excluding steroid dienone is 2. The minimum absolute atomic E-state index is 0.170. The van der Waals surface area contributed by atoms with Crippen LogP contribution in [-0.2, 0) is 23.8 Å². The molecular formula is C23H34O5. The summed E-state index contributed by atoms with van der Waals surface area (Å²) in [6, 6.07) is 0. The number of carbonyl (C=O) groups is 2. The van der Waals surface area contributed by atoms with E-state index < -0.39 is 0 Å². The predicted octanol–water partition coefficient (Wildman–Crippen LogP) is 3.85. The van der Waals surface area contributed by atoms with Crippen LogP contribution in [0, 0.1) is 23.2 Å². The monoisotopic (exact) mass is 390 g/mol. The molecule has 0 saturated heterocycles. The lowest BCUT2D eigenvalue weighted by molar-refractivity contribution is -0.135. The fraction of sp³-hybridized carbons (Fsp3) is 0.826. The summed E-state index contributed by atoms with van der Waals surface area (Å²) in [6.07, 6.45) is 9.37. The first-order valence-electron chi connectivity index (χ1n) is 11.1. The molecule has 5 heteroatoms. The number of ether oxygens (including phenoxy) is 3. The van der Waals surface area contributed by atoms with E-state index in [1.165, 1.54) is 5.57 Å². The van der Waals surface area contributed by atoms with Gasteiger partial charge in [-0.1, -0.05) is 11.1 Å². The molecule has 2 saturated carbocycles. The summed E-state index contributed by atoms with van der Waals surface area (Å²) < 4.78 is 16.0. The first kappa shape index (κ1) is 20.2. The molecular weight excluding hydrogens is 356 g/mol. The molecule has 4 aliphatic rings. The fourth-order valence-corrected chi connectivity index (χ4v) is 6.66. The molecule has 2 fully saturated rings. The van der Waals surface area contributed by atoms with E-state index in [2.05, 4.69) is 0 Å². The first-order chi connectivity index (χ1) is 13.7. The van der Waals surface area contributed by atoms with Crippen LogP contribution in [0.25, 0.3) is 0 Å². The summed E-state index contributed by atoms with van der Waals surface area (Å²) in [4.78, 5) is 24.9. The highest BCUT2D eigenvalue weighted by atomic mass is 16.7. The summed E-state index contributed by atoms with van der Waals surface area (Å²) in [5.41, 5.74) is 2.88. The molecule has 0 N–H and O–H groups in total. The second-order valence-electron chi connectivity index (χ2n) is 9.09. The zero-order valence-electron chi connectivity index (χ0n) is 17.2. The van der Waals surface area contributed by atoms with Crippen molar-refractivity contribution < 1.29 is 23.8 Å². The number of carbonyl (C=O) groups excluding carboxylic acids is 2. The van der Waals surface area contributed by atoms with Crippen molar-refractivity contribution in [3.63, 3.8) is 0 Å². The molecule has 0 aromatic rings.